The molecule has 0 saturated heterocycles. The third kappa shape index (κ3) is 1.80. The predicted molar refractivity (Wildman–Crippen MR) is 83.4 cm³/mol. The number of fused-ring (bicyclic) bond motifs is 1. The van der Waals surface area contributed by atoms with Crippen molar-refractivity contribution in [2.45, 2.75) is 51.1 Å². The summed E-state index contributed by atoms with van der Waals surface area (Å²) in [6.45, 7) is 2.02. The summed E-state index contributed by atoms with van der Waals surface area (Å²) in [6, 6.07) is 2.20. The monoisotopic (exact) mass is 299 g/mol. The largest absolute Gasteiger partial charge is 0.349 e. The first-order chi connectivity index (χ1) is 10.6. The zero-order chi connectivity index (χ0) is 15.3. The number of rotatable bonds is 3. The molecule has 1 spiro atoms. The second-order valence-corrected chi connectivity index (χ2v) is 6.55. The fourth-order valence-electron chi connectivity index (χ4n) is 3.88. The Labute approximate surface area is 128 Å². The van der Waals surface area contributed by atoms with Gasteiger partial charge in [-0.2, -0.15) is 0 Å². The van der Waals surface area contributed by atoms with E-state index in [-0.39, 0.29) is 23.4 Å². The van der Waals surface area contributed by atoms with E-state index >= 15 is 0 Å². The molecule has 0 aromatic carbocycles. The number of aryl methyl sites for hydroxylation is 1. The minimum Gasteiger partial charge on any atom is -0.349 e. The fourth-order valence-corrected chi connectivity index (χ4v) is 3.88. The van der Waals surface area contributed by atoms with Gasteiger partial charge in [0.2, 0.25) is 0 Å². The molecule has 2 aromatic heterocycles. The minimum atomic E-state index is -0.0538. The van der Waals surface area contributed by atoms with Crippen molar-refractivity contribution >= 4 is 17.1 Å². The van der Waals surface area contributed by atoms with Crippen LogP contribution < -0.4 is 11.1 Å². The number of carbonyl (C=O) groups excluding carboxylic acids is 1. The summed E-state index contributed by atoms with van der Waals surface area (Å²) in [7, 11) is 0. The molecule has 22 heavy (non-hydrogen) atoms. The van der Waals surface area contributed by atoms with Gasteiger partial charge in [0.15, 0.2) is 5.65 Å². The van der Waals surface area contributed by atoms with Gasteiger partial charge in [0.25, 0.3) is 5.91 Å². The summed E-state index contributed by atoms with van der Waals surface area (Å²) in [4.78, 5) is 24.5. The lowest BCUT2D eigenvalue weighted by molar-refractivity contribution is -0.0389. The first-order valence-corrected chi connectivity index (χ1v) is 8.04. The van der Waals surface area contributed by atoms with Gasteiger partial charge < -0.3 is 16.0 Å². The number of amides is 1. The molecule has 116 valence electrons. The predicted octanol–water partition coefficient (Wildman–Crippen LogP) is 1.52. The molecule has 4 N–H and O–H groups in total. The lowest BCUT2D eigenvalue weighted by atomic mass is 9.50. The zero-order valence-electron chi connectivity index (χ0n) is 12.7. The van der Waals surface area contributed by atoms with Crippen LogP contribution in [0, 0.1) is 5.41 Å². The molecular weight excluding hydrogens is 278 g/mol. The Morgan fingerprint density at radius 3 is 3.00 bits per heavy atom. The molecule has 2 unspecified atom stereocenters. The SMILES string of the molecule is CCc1nc2nccc(C(=O)NC3CC(N)C34CCC4)c2[nH]1. The van der Waals surface area contributed by atoms with Crippen molar-refractivity contribution in [1.29, 1.82) is 0 Å². The van der Waals surface area contributed by atoms with E-state index in [1.54, 1.807) is 12.3 Å². The second kappa shape index (κ2) is 4.78. The van der Waals surface area contributed by atoms with E-state index in [2.05, 4.69) is 20.3 Å². The van der Waals surface area contributed by atoms with Crippen LogP contribution in [0.25, 0.3) is 11.2 Å². The quantitative estimate of drug-likeness (QED) is 0.800. The van der Waals surface area contributed by atoms with Crippen LogP contribution in [0.5, 0.6) is 0 Å². The first kappa shape index (κ1) is 13.7. The van der Waals surface area contributed by atoms with Crippen molar-refractivity contribution in [2.75, 3.05) is 0 Å². The van der Waals surface area contributed by atoms with Gasteiger partial charge >= 0.3 is 0 Å². The summed E-state index contributed by atoms with van der Waals surface area (Å²) >= 11 is 0. The number of imidazole rings is 1. The average Bonchev–Trinajstić information content (AvgIpc) is 2.87. The van der Waals surface area contributed by atoms with Crippen LogP contribution in [0.1, 0.15) is 48.8 Å². The van der Waals surface area contributed by atoms with E-state index in [1.165, 1.54) is 6.42 Å². The Balaban J connectivity index is 1.59. The number of hydrogen-bond acceptors (Lipinski definition) is 4. The third-order valence-corrected chi connectivity index (χ3v) is 5.53. The second-order valence-electron chi connectivity index (χ2n) is 6.55. The topological polar surface area (TPSA) is 96.7 Å². The lowest BCUT2D eigenvalue weighted by Gasteiger charge is -2.60. The van der Waals surface area contributed by atoms with Gasteiger partial charge in [-0.3, -0.25) is 4.79 Å². The molecule has 0 aliphatic heterocycles. The molecule has 1 amide bonds. The highest BCUT2D eigenvalue weighted by molar-refractivity contribution is 6.04. The van der Waals surface area contributed by atoms with Crippen LogP contribution in [0.15, 0.2) is 12.3 Å². The van der Waals surface area contributed by atoms with E-state index in [0.29, 0.717) is 11.2 Å². The Morgan fingerprint density at radius 1 is 1.55 bits per heavy atom. The number of hydrogen-bond donors (Lipinski definition) is 3. The van der Waals surface area contributed by atoms with Crippen LogP contribution in [-0.2, 0) is 6.42 Å². The number of nitrogens with one attached hydrogen (secondary N) is 2. The standard InChI is InChI=1S/C16H21N5O/c1-2-12-20-13-9(4-7-18-14(13)21-12)15(22)19-11-8-10(17)16(11)5-3-6-16/h4,7,10-11H,2-3,5-6,8,17H2,1H3,(H,19,22)(H,18,20,21). The Bertz CT molecular complexity index is 733. The van der Waals surface area contributed by atoms with Crippen molar-refractivity contribution in [3.05, 3.63) is 23.7 Å². The molecule has 2 atom stereocenters. The van der Waals surface area contributed by atoms with Gasteiger partial charge in [0.1, 0.15) is 5.82 Å². The summed E-state index contributed by atoms with van der Waals surface area (Å²) in [5, 5.41) is 3.18. The number of H-pyrrole nitrogens is 1. The van der Waals surface area contributed by atoms with Crippen LogP contribution in [0.3, 0.4) is 0 Å². The van der Waals surface area contributed by atoms with Crippen molar-refractivity contribution in [3.8, 4) is 0 Å². The highest BCUT2D eigenvalue weighted by Gasteiger charge is 2.57. The summed E-state index contributed by atoms with van der Waals surface area (Å²) in [5.41, 5.74) is 8.26. The number of aromatic nitrogens is 3. The molecule has 2 saturated carbocycles. The fraction of sp³-hybridized carbons (Fsp3) is 0.562. The molecule has 0 bridgehead atoms. The molecular formula is C16H21N5O. The lowest BCUT2D eigenvalue weighted by Crippen LogP contribution is -2.69. The van der Waals surface area contributed by atoms with Gasteiger partial charge in [0, 0.05) is 30.1 Å². The van der Waals surface area contributed by atoms with Crippen LogP contribution >= 0.6 is 0 Å². The first-order valence-electron chi connectivity index (χ1n) is 8.04. The highest BCUT2D eigenvalue weighted by atomic mass is 16.1. The van der Waals surface area contributed by atoms with Crippen LogP contribution in [-0.4, -0.2) is 32.9 Å². The molecule has 2 aliphatic rings. The molecule has 2 fully saturated rings. The smallest absolute Gasteiger partial charge is 0.253 e. The molecule has 6 heteroatoms. The average molecular weight is 299 g/mol. The number of aromatic amines is 1. The Morgan fingerprint density at radius 2 is 2.36 bits per heavy atom. The maximum Gasteiger partial charge on any atom is 0.253 e. The summed E-state index contributed by atoms with van der Waals surface area (Å²) in [5.74, 6) is 0.797. The van der Waals surface area contributed by atoms with Crippen molar-refractivity contribution in [3.63, 3.8) is 0 Å². The highest BCUT2D eigenvalue weighted by Crippen LogP contribution is 2.55. The Hall–Kier alpha value is -1.95. The molecule has 4 rings (SSSR count). The number of nitrogens with zero attached hydrogens (tertiary/aromatic N) is 2. The maximum absolute atomic E-state index is 12.7. The van der Waals surface area contributed by atoms with Crippen molar-refractivity contribution in [2.24, 2.45) is 11.1 Å². The number of nitrogens with two attached hydrogens (primary N) is 1. The van der Waals surface area contributed by atoms with E-state index in [9.17, 15) is 4.79 Å². The summed E-state index contributed by atoms with van der Waals surface area (Å²) in [6.07, 6.45) is 6.80. The zero-order valence-corrected chi connectivity index (χ0v) is 12.7. The number of pyridine rings is 1. The van der Waals surface area contributed by atoms with E-state index < -0.39 is 0 Å². The van der Waals surface area contributed by atoms with E-state index in [0.717, 1.165) is 37.0 Å². The normalized spacial score (nSPS) is 25.7. The molecule has 2 aromatic rings. The molecule has 2 heterocycles. The minimum absolute atomic E-state index is 0.0538. The van der Waals surface area contributed by atoms with Crippen molar-refractivity contribution in [1.82, 2.24) is 20.3 Å². The van der Waals surface area contributed by atoms with Gasteiger partial charge in [-0.05, 0) is 25.3 Å². The van der Waals surface area contributed by atoms with Crippen LogP contribution in [0.2, 0.25) is 0 Å². The Kier molecular flexibility index (Phi) is 2.97. The van der Waals surface area contributed by atoms with Crippen LogP contribution in [0.4, 0.5) is 0 Å². The summed E-state index contributed by atoms with van der Waals surface area (Å²) < 4.78 is 0. The third-order valence-electron chi connectivity index (χ3n) is 5.53. The van der Waals surface area contributed by atoms with Gasteiger partial charge in [0.05, 0.1) is 11.1 Å². The van der Waals surface area contributed by atoms with Gasteiger partial charge in [-0.25, -0.2) is 9.97 Å². The van der Waals surface area contributed by atoms with E-state index in [4.69, 9.17) is 5.73 Å². The van der Waals surface area contributed by atoms with Gasteiger partial charge in [-0.15, -0.1) is 0 Å². The van der Waals surface area contributed by atoms with Crippen molar-refractivity contribution < 1.29 is 4.79 Å². The number of carbonyl (C=O) groups is 1. The molecule has 6 nitrogen and oxygen atoms in total. The molecule has 2 aliphatic carbocycles. The maximum atomic E-state index is 12.7. The molecule has 0 radical (unpaired) electrons. The van der Waals surface area contributed by atoms with Gasteiger partial charge in [-0.1, -0.05) is 13.3 Å². The van der Waals surface area contributed by atoms with E-state index in [1.807, 2.05) is 6.92 Å².